The van der Waals surface area contributed by atoms with E-state index in [-0.39, 0.29) is 0 Å². The van der Waals surface area contributed by atoms with Crippen molar-refractivity contribution in [2.24, 2.45) is 7.05 Å². The molecular weight excluding hydrogens is 326 g/mol. The van der Waals surface area contributed by atoms with Gasteiger partial charge in [-0.25, -0.2) is 9.97 Å². The van der Waals surface area contributed by atoms with E-state index in [2.05, 4.69) is 55.0 Å². The fourth-order valence-corrected chi connectivity index (χ4v) is 3.46. The molecule has 0 unspecified atom stereocenters. The van der Waals surface area contributed by atoms with Crippen LogP contribution < -0.4 is 10.6 Å². The summed E-state index contributed by atoms with van der Waals surface area (Å²) in [6, 6.07) is 8.32. The molecule has 1 aromatic carbocycles. The molecule has 0 saturated heterocycles. The van der Waals surface area contributed by atoms with E-state index in [9.17, 15) is 0 Å². The van der Waals surface area contributed by atoms with E-state index in [1.807, 2.05) is 24.0 Å². The summed E-state index contributed by atoms with van der Waals surface area (Å²) < 4.78 is 1.87. The number of rotatable bonds is 3. The summed E-state index contributed by atoms with van der Waals surface area (Å²) in [5.74, 6) is 0.801. The second-order valence-corrected chi connectivity index (χ2v) is 6.52. The Morgan fingerprint density at radius 1 is 1.19 bits per heavy atom. The Morgan fingerprint density at radius 3 is 3.04 bits per heavy atom. The largest absolute Gasteiger partial charge is 0.340 e. The smallest absolute Gasteiger partial charge is 0.143 e. The molecule has 4 heterocycles. The topological polar surface area (TPSA) is 83.5 Å². The van der Waals surface area contributed by atoms with Gasteiger partial charge in [0.1, 0.15) is 17.8 Å². The molecule has 0 spiro atoms. The van der Waals surface area contributed by atoms with Gasteiger partial charge in [0.05, 0.1) is 17.1 Å². The first-order valence-electron chi connectivity index (χ1n) is 8.70. The number of hydrogen-bond donors (Lipinski definition) is 3. The summed E-state index contributed by atoms with van der Waals surface area (Å²) in [4.78, 5) is 12.3. The number of hydrogen-bond acceptors (Lipinski definition) is 5. The van der Waals surface area contributed by atoms with Gasteiger partial charge in [-0.15, -0.1) is 0 Å². The quantitative estimate of drug-likeness (QED) is 0.532. The Morgan fingerprint density at radius 2 is 2.15 bits per heavy atom. The average Bonchev–Trinajstić information content (AvgIpc) is 3.27. The number of aromatic amines is 1. The summed E-state index contributed by atoms with van der Waals surface area (Å²) >= 11 is 0. The first kappa shape index (κ1) is 15.1. The van der Waals surface area contributed by atoms with E-state index in [1.165, 1.54) is 5.57 Å². The normalized spacial score (nSPS) is 14.7. The van der Waals surface area contributed by atoms with Gasteiger partial charge in [0.25, 0.3) is 0 Å². The van der Waals surface area contributed by atoms with Crippen LogP contribution in [0.25, 0.3) is 27.5 Å². The highest BCUT2D eigenvalue weighted by molar-refractivity contribution is 5.93. The molecular formula is C19H19N7. The van der Waals surface area contributed by atoms with Crippen molar-refractivity contribution in [1.29, 1.82) is 0 Å². The lowest BCUT2D eigenvalue weighted by Gasteiger charge is -2.12. The summed E-state index contributed by atoms with van der Waals surface area (Å²) in [7, 11) is 1.94. The summed E-state index contributed by atoms with van der Waals surface area (Å²) in [6.07, 6.45) is 6.70. The van der Waals surface area contributed by atoms with Crippen LogP contribution in [-0.2, 0) is 7.05 Å². The number of benzene rings is 1. The number of aryl methyl sites for hydroxylation is 1. The lowest BCUT2D eigenvalue weighted by atomic mass is 10.1. The number of aromatic nitrogens is 5. The molecule has 1 aliphatic rings. The van der Waals surface area contributed by atoms with Crippen molar-refractivity contribution in [2.45, 2.75) is 6.42 Å². The molecule has 26 heavy (non-hydrogen) atoms. The maximum absolute atomic E-state index is 4.45. The number of nitrogens with zero attached hydrogens (tertiary/aromatic N) is 4. The highest BCUT2D eigenvalue weighted by atomic mass is 15.2. The fourth-order valence-electron chi connectivity index (χ4n) is 3.46. The lowest BCUT2D eigenvalue weighted by molar-refractivity contribution is 0.737. The third-order valence-electron chi connectivity index (χ3n) is 4.84. The molecule has 3 N–H and O–H groups in total. The summed E-state index contributed by atoms with van der Waals surface area (Å²) in [5.41, 5.74) is 5.37. The van der Waals surface area contributed by atoms with Crippen molar-refractivity contribution in [2.75, 3.05) is 18.4 Å². The van der Waals surface area contributed by atoms with E-state index in [1.54, 1.807) is 6.33 Å². The van der Waals surface area contributed by atoms with Crippen LogP contribution in [0.4, 0.5) is 11.5 Å². The van der Waals surface area contributed by atoms with Crippen LogP contribution in [0, 0.1) is 0 Å². The zero-order valence-corrected chi connectivity index (χ0v) is 14.5. The predicted molar refractivity (Wildman–Crippen MR) is 103 cm³/mol. The van der Waals surface area contributed by atoms with Crippen molar-refractivity contribution < 1.29 is 0 Å². The summed E-state index contributed by atoms with van der Waals surface area (Å²) in [5, 5.41) is 13.2. The molecule has 0 radical (unpaired) electrons. The predicted octanol–water partition coefficient (Wildman–Crippen LogP) is 2.96. The Balaban J connectivity index is 1.53. The Labute approximate surface area is 150 Å². The Hall–Kier alpha value is -3.19. The van der Waals surface area contributed by atoms with Crippen molar-refractivity contribution in [3.8, 4) is 0 Å². The van der Waals surface area contributed by atoms with Gasteiger partial charge >= 0.3 is 0 Å². The zero-order chi connectivity index (χ0) is 17.5. The monoisotopic (exact) mass is 345 g/mol. The fraction of sp³-hybridized carbons (Fsp3) is 0.211. The number of nitrogens with one attached hydrogen (secondary N) is 3. The minimum absolute atomic E-state index is 0.801. The van der Waals surface area contributed by atoms with E-state index in [0.717, 1.165) is 58.6 Å². The molecule has 5 rings (SSSR count). The van der Waals surface area contributed by atoms with Crippen molar-refractivity contribution in [1.82, 2.24) is 30.0 Å². The number of H-pyrrole nitrogens is 1. The van der Waals surface area contributed by atoms with Gasteiger partial charge in [0.2, 0.25) is 0 Å². The third kappa shape index (κ3) is 2.53. The SMILES string of the molecule is Cn1ncc2cc(Nc3ncnc4[nH]c(C5=CCNCC5)cc34)ccc21. The molecule has 0 atom stereocenters. The van der Waals surface area contributed by atoms with Crippen LogP contribution in [0.2, 0.25) is 0 Å². The third-order valence-corrected chi connectivity index (χ3v) is 4.84. The maximum Gasteiger partial charge on any atom is 0.143 e. The zero-order valence-electron chi connectivity index (χ0n) is 14.5. The van der Waals surface area contributed by atoms with E-state index in [0.29, 0.717) is 0 Å². The maximum atomic E-state index is 4.45. The molecule has 0 saturated carbocycles. The molecule has 7 nitrogen and oxygen atoms in total. The van der Waals surface area contributed by atoms with Crippen LogP contribution in [0.1, 0.15) is 12.1 Å². The van der Waals surface area contributed by atoms with Crippen LogP contribution in [0.15, 0.2) is 42.9 Å². The van der Waals surface area contributed by atoms with Gasteiger partial charge in [-0.1, -0.05) is 6.08 Å². The first-order valence-corrected chi connectivity index (χ1v) is 8.70. The molecule has 1 aliphatic heterocycles. The van der Waals surface area contributed by atoms with Crippen molar-refractivity contribution >= 4 is 39.0 Å². The molecule has 7 heteroatoms. The minimum atomic E-state index is 0.801. The van der Waals surface area contributed by atoms with Crippen molar-refractivity contribution in [3.05, 3.63) is 48.6 Å². The van der Waals surface area contributed by atoms with E-state index >= 15 is 0 Å². The summed E-state index contributed by atoms with van der Waals surface area (Å²) in [6.45, 7) is 1.91. The molecule has 130 valence electrons. The molecule has 0 fully saturated rings. The number of fused-ring (bicyclic) bond motifs is 2. The van der Waals surface area contributed by atoms with Gasteiger partial charge < -0.3 is 15.6 Å². The second-order valence-electron chi connectivity index (χ2n) is 6.52. The van der Waals surface area contributed by atoms with Crippen LogP contribution >= 0.6 is 0 Å². The molecule has 0 bridgehead atoms. The lowest BCUT2D eigenvalue weighted by Crippen LogP contribution is -2.20. The van der Waals surface area contributed by atoms with E-state index < -0.39 is 0 Å². The Kier molecular flexibility index (Phi) is 3.46. The second kappa shape index (κ2) is 5.96. The van der Waals surface area contributed by atoms with Crippen LogP contribution in [0.3, 0.4) is 0 Å². The van der Waals surface area contributed by atoms with E-state index in [4.69, 9.17) is 0 Å². The van der Waals surface area contributed by atoms with Gasteiger partial charge in [0, 0.05) is 30.4 Å². The molecule has 4 aromatic rings. The van der Waals surface area contributed by atoms with Gasteiger partial charge in [-0.05, 0) is 42.8 Å². The molecule has 0 aliphatic carbocycles. The standard InChI is InChI=1S/C19H19N7/c1-26-17-3-2-14(8-13(17)10-23-26)24-18-15-9-16(12-4-6-20-7-5-12)25-19(15)22-11-21-18/h2-4,8-11,20H,5-7H2,1H3,(H2,21,22,24,25). The van der Waals surface area contributed by atoms with Gasteiger partial charge in [-0.3, -0.25) is 4.68 Å². The van der Waals surface area contributed by atoms with Crippen molar-refractivity contribution in [3.63, 3.8) is 0 Å². The minimum Gasteiger partial charge on any atom is -0.340 e. The van der Waals surface area contributed by atoms with Gasteiger partial charge in [-0.2, -0.15) is 5.10 Å². The Bertz CT molecular complexity index is 1140. The molecule has 0 amide bonds. The highest BCUT2D eigenvalue weighted by Crippen LogP contribution is 2.29. The van der Waals surface area contributed by atoms with Crippen LogP contribution in [-0.4, -0.2) is 37.8 Å². The first-order chi connectivity index (χ1) is 12.8. The number of anilines is 2. The van der Waals surface area contributed by atoms with Crippen LogP contribution in [0.5, 0.6) is 0 Å². The average molecular weight is 345 g/mol. The highest BCUT2D eigenvalue weighted by Gasteiger charge is 2.13. The van der Waals surface area contributed by atoms with Gasteiger partial charge in [0.15, 0.2) is 0 Å². The molecule has 3 aromatic heterocycles.